The van der Waals surface area contributed by atoms with Crippen LogP contribution in [0.2, 0.25) is 0 Å². The Morgan fingerprint density at radius 1 is 1.04 bits per heavy atom. The maximum absolute atomic E-state index is 13.3. The number of carbonyl (C=O) groups is 1. The SMILES string of the molecule is CS(=O)(=O)c1ccccc1C(=O)OCCOc1ccccc1F. The van der Waals surface area contributed by atoms with Crippen LogP contribution < -0.4 is 4.74 Å². The zero-order valence-corrected chi connectivity index (χ0v) is 13.2. The monoisotopic (exact) mass is 338 g/mol. The Morgan fingerprint density at radius 2 is 1.70 bits per heavy atom. The molecule has 122 valence electrons. The number of carbonyl (C=O) groups excluding carboxylic acids is 1. The van der Waals surface area contributed by atoms with Gasteiger partial charge in [-0.25, -0.2) is 17.6 Å². The molecule has 0 unspecified atom stereocenters. The molecule has 0 aliphatic heterocycles. The van der Waals surface area contributed by atoms with Crippen molar-refractivity contribution in [2.24, 2.45) is 0 Å². The maximum Gasteiger partial charge on any atom is 0.339 e. The van der Waals surface area contributed by atoms with Gasteiger partial charge in [-0.3, -0.25) is 0 Å². The van der Waals surface area contributed by atoms with Gasteiger partial charge in [-0.2, -0.15) is 0 Å². The Hall–Kier alpha value is -2.41. The number of hydrogen-bond donors (Lipinski definition) is 0. The van der Waals surface area contributed by atoms with Gasteiger partial charge in [-0.1, -0.05) is 24.3 Å². The van der Waals surface area contributed by atoms with Gasteiger partial charge in [-0.05, 0) is 24.3 Å². The lowest BCUT2D eigenvalue weighted by atomic mass is 10.2. The number of ether oxygens (including phenoxy) is 2. The van der Waals surface area contributed by atoms with Gasteiger partial charge >= 0.3 is 5.97 Å². The molecule has 0 N–H and O–H groups in total. The standard InChI is InChI=1S/C16H15FO5S/c1-23(19,20)15-9-5-2-6-12(15)16(18)22-11-10-21-14-8-4-3-7-13(14)17/h2-9H,10-11H2,1H3. The van der Waals surface area contributed by atoms with Crippen molar-refractivity contribution in [1.29, 1.82) is 0 Å². The molecule has 0 radical (unpaired) electrons. The molecule has 0 aliphatic carbocycles. The van der Waals surface area contributed by atoms with E-state index in [-0.39, 0.29) is 29.4 Å². The van der Waals surface area contributed by atoms with Crippen molar-refractivity contribution >= 4 is 15.8 Å². The molecule has 7 heteroatoms. The lowest BCUT2D eigenvalue weighted by Gasteiger charge is -2.09. The fourth-order valence-electron chi connectivity index (χ4n) is 1.88. The van der Waals surface area contributed by atoms with Crippen LogP contribution in [0, 0.1) is 5.82 Å². The van der Waals surface area contributed by atoms with E-state index in [1.54, 1.807) is 12.1 Å². The summed E-state index contributed by atoms with van der Waals surface area (Å²) in [4.78, 5) is 11.9. The predicted molar refractivity (Wildman–Crippen MR) is 81.7 cm³/mol. The lowest BCUT2D eigenvalue weighted by molar-refractivity contribution is 0.0444. The number of rotatable bonds is 6. The van der Waals surface area contributed by atoms with Crippen molar-refractivity contribution in [2.75, 3.05) is 19.5 Å². The highest BCUT2D eigenvalue weighted by Crippen LogP contribution is 2.17. The summed E-state index contributed by atoms with van der Waals surface area (Å²) in [6.45, 7) is -0.182. The number of esters is 1. The number of para-hydroxylation sites is 1. The van der Waals surface area contributed by atoms with Crippen molar-refractivity contribution in [3.8, 4) is 5.75 Å². The molecule has 0 saturated heterocycles. The minimum atomic E-state index is -3.54. The highest BCUT2D eigenvalue weighted by atomic mass is 32.2. The second-order valence-electron chi connectivity index (χ2n) is 4.68. The topological polar surface area (TPSA) is 69.7 Å². The first-order valence-electron chi connectivity index (χ1n) is 6.73. The van der Waals surface area contributed by atoms with E-state index in [0.29, 0.717) is 0 Å². The summed E-state index contributed by atoms with van der Waals surface area (Å²) in [5.41, 5.74) is -0.0408. The van der Waals surface area contributed by atoms with Crippen LogP contribution in [-0.2, 0) is 14.6 Å². The van der Waals surface area contributed by atoms with Crippen molar-refractivity contribution in [3.63, 3.8) is 0 Å². The van der Waals surface area contributed by atoms with Gasteiger partial charge in [0.2, 0.25) is 0 Å². The number of halogens is 1. The van der Waals surface area contributed by atoms with Gasteiger partial charge in [0, 0.05) is 6.26 Å². The van der Waals surface area contributed by atoms with Gasteiger partial charge in [-0.15, -0.1) is 0 Å². The van der Waals surface area contributed by atoms with Gasteiger partial charge in [0.15, 0.2) is 21.4 Å². The molecule has 0 amide bonds. The molecular formula is C16H15FO5S. The van der Waals surface area contributed by atoms with E-state index in [9.17, 15) is 17.6 Å². The Labute approximate surface area is 133 Å². The molecular weight excluding hydrogens is 323 g/mol. The second-order valence-corrected chi connectivity index (χ2v) is 6.67. The smallest absolute Gasteiger partial charge is 0.339 e. The molecule has 0 aromatic heterocycles. The molecule has 2 aromatic carbocycles. The summed E-state index contributed by atoms with van der Waals surface area (Å²) in [7, 11) is -3.54. The van der Waals surface area contributed by atoms with Crippen molar-refractivity contribution in [3.05, 3.63) is 59.9 Å². The zero-order chi connectivity index (χ0) is 16.9. The quantitative estimate of drug-likeness (QED) is 0.598. The van der Waals surface area contributed by atoms with Crippen LogP contribution in [0.25, 0.3) is 0 Å². The van der Waals surface area contributed by atoms with Gasteiger partial charge in [0.25, 0.3) is 0 Å². The highest BCUT2D eigenvalue weighted by molar-refractivity contribution is 7.90. The molecule has 0 fully saturated rings. The predicted octanol–water partition coefficient (Wildman–Crippen LogP) is 2.47. The third kappa shape index (κ3) is 4.53. The average Bonchev–Trinajstić information content (AvgIpc) is 2.52. The molecule has 0 bridgehead atoms. The van der Waals surface area contributed by atoms with Crippen LogP contribution >= 0.6 is 0 Å². The molecule has 2 rings (SSSR count). The fourth-order valence-corrected chi connectivity index (χ4v) is 2.76. The molecule has 0 aliphatic rings. The Bertz CT molecular complexity index is 802. The number of benzene rings is 2. The third-order valence-corrected chi connectivity index (χ3v) is 4.07. The summed E-state index contributed by atoms with van der Waals surface area (Å²) >= 11 is 0. The van der Waals surface area contributed by atoms with E-state index in [1.807, 2.05) is 0 Å². The molecule has 0 heterocycles. The Kier molecular flexibility index (Phi) is 5.33. The fraction of sp³-hybridized carbons (Fsp3) is 0.188. The van der Waals surface area contributed by atoms with Gasteiger partial charge in [0.1, 0.15) is 13.2 Å². The highest BCUT2D eigenvalue weighted by Gasteiger charge is 2.19. The van der Waals surface area contributed by atoms with Crippen LogP contribution in [0.1, 0.15) is 10.4 Å². The van der Waals surface area contributed by atoms with Crippen LogP contribution in [0.3, 0.4) is 0 Å². The summed E-state index contributed by atoms with van der Waals surface area (Å²) < 4.78 is 46.7. The minimum absolute atomic E-state index is 0.0408. The summed E-state index contributed by atoms with van der Waals surface area (Å²) in [6.07, 6.45) is 1.01. The van der Waals surface area contributed by atoms with E-state index in [4.69, 9.17) is 9.47 Å². The van der Waals surface area contributed by atoms with Crippen LogP contribution in [0.15, 0.2) is 53.4 Å². The van der Waals surface area contributed by atoms with E-state index >= 15 is 0 Å². The molecule has 2 aromatic rings. The maximum atomic E-state index is 13.3. The van der Waals surface area contributed by atoms with Crippen LogP contribution in [0.4, 0.5) is 4.39 Å². The Morgan fingerprint density at radius 3 is 2.39 bits per heavy atom. The summed E-state index contributed by atoms with van der Waals surface area (Å²) in [6, 6.07) is 11.6. The van der Waals surface area contributed by atoms with E-state index in [1.165, 1.54) is 36.4 Å². The number of sulfone groups is 1. The summed E-state index contributed by atoms with van der Waals surface area (Å²) in [5, 5.41) is 0. The van der Waals surface area contributed by atoms with Crippen LogP contribution in [-0.4, -0.2) is 33.9 Å². The molecule has 0 spiro atoms. The van der Waals surface area contributed by atoms with Crippen LogP contribution in [0.5, 0.6) is 5.75 Å². The van der Waals surface area contributed by atoms with Gasteiger partial charge in [0.05, 0.1) is 10.5 Å². The number of hydrogen-bond acceptors (Lipinski definition) is 5. The normalized spacial score (nSPS) is 11.0. The first kappa shape index (κ1) is 17.0. The molecule has 5 nitrogen and oxygen atoms in total. The average molecular weight is 338 g/mol. The van der Waals surface area contributed by atoms with E-state index in [0.717, 1.165) is 6.26 Å². The molecule has 0 saturated carbocycles. The second kappa shape index (κ2) is 7.23. The molecule has 23 heavy (non-hydrogen) atoms. The first-order valence-corrected chi connectivity index (χ1v) is 8.62. The Balaban J connectivity index is 1.95. The lowest BCUT2D eigenvalue weighted by Crippen LogP contribution is -2.15. The van der Waals surface area contributed by atoms with E-state index < -0.39 is 21.6 Å². The largest absolute Gasteiger partial charge is 0.487 e. The van der Waals surface area contributed by atoms with Crippen molar-refractivity contribution < 1.29 is 27.1 Å². The zero-order valence-electron chi connectivity index (χ0n) is 12.4. The summed E-state index contributed by atoms with van der Waals surface area (Å²) in [5.74, 6) is -1.23. The first-order chi connectivity index (χ1) is 10.9. The van der Waals surface area contributed by atoms with Crippen molar-refractivity contribution in [2.45, 2.75) is 4.90 Å². The van der Waals surface area contributed by atoms with Crippen molar-refractivity contribution in [1.82, 2.24) is 0 Å². The molecule has 0 atom stereocenters. The minimum Gasteiger partial charge on any atom is -0.487 e. The third-order valence-electron chi connectivity index (χ3n) is 2.92. The van der Waals surface area contributed by atoms with Gasteiger partial charge < -0.3 is 9.47 Å². The van der Waals surface area contributed by atoms with E-state index in [2.05, 4.69) is 0 Å².